The summed E-state index contributed by atoms with van der Waals surface area (Å²) in [5.74, 6) is -0.279. The van der Waals surface area contributed by atoms with Crippen LogP contribution in [0.3, 0.4) is 0 Å². The Balaban J connectivity index is 2.26. The maximum absolute atomic E-state index is 12.5. The lowest BCUT2D eigenvalue weighted by atomic mass is 10.1. The van der Waals surface area contributed by atoms with Crippen molar-refractivity contribution in [1.29, 1.82) is 0 Å². The fraction of sp³-hybridized carbons (Fsp3) is 0.375. The highest BCUT2D eigenvalue weighted by Crippen LogP contribution is 2.27. The molecule has 1 aliphatic rings. The Morgan fingerprint density at radius 3 is 2.95 bits per heavy atom. The van der Waals surface area contributed by atoms with Gasteiger partial charge in [0, 0.05) is 18.7 Å². The number of amides is 2. The number of nitrogens with two attached hydrogens (primary N) is 1. The van der Waals surface area contributed by atoms with E-state index in [4.69, 9.17) is 5.73 Å². The lowest BCUT2D eigenvalue weighted by Crippen LogP contribution is -2.45. The maximum atomic E-state index is 12.5. The number of hydrogen-bond donors (Lipinski definition) is 2. The van der Waals surface area contributed by atoms with Gasteiger partial charge in [0.05, 0.1) is 0 Å². The van der Waals surface area contributed by atoms with Gasteiger partial charge in [-0.2, -0.15) is 0 Å². The average Bonchev–Trinajstić information content (AvgIpc) is 2.81. The van der Waals surface area contributed by atoms with Gasteiger partial charge in [-0.1, -0.05) is 32.1 Å². The van der Waals surface area contributed by atoms with Crippen molar-refractivity contribution in [2.75, 3.05) is 0 Å². The molecule has 1 aromatic rings. The molecule has 112 valence electrons. The molecule has 0 radical (unpaired) electrons. The lowest BCUT2D eigenvalue weighted by molar-refractivity contribution is -0.125. The summed E-state index contributed by atoms with van der Waals surface area (Å²) in [6, 6.07) is 5.14. The summed E-state index contributed by atoms with van der Waals surface area (Å²) >= 11 is 0. The molecule has 0 saturated heterocycles. The number of carbonyl (C=O) groups excluding carboxylic acids is 2. The highest BCUT2D eigenvalue weighted by molar-refractivity contribution is 6.01. The van der Waals surface area contributed by atoms with Gasteiger partial charge in [0.25, 0.3) is 5.91 Å². The number of benzene rings is 1. The average molecular weight is 287 g/mol. The Morgan fingerprint density at radius 2 is 2.33 bits per heavy atom. The number of hydrogen-bond acceptors (Lipinski definition) is 3. The third-order valence-electron chi connectivity index (χ3n) is 3.72. The molecule has 3 N–H and O–H groups in total. The van der Waals surface area contributed by atoms with E-state index in [9.17, 15) is 9.59 Å². The Bertz CT molecular complexity index is 569. The van der Waals surface area contributed by atoms with Crippen LogP contribution in [0.2, 0.25) is 0 Å². The van der Waals surface area contributed by atoms with Crippen molar-refractivity contribution >= 4 is 11.8 Å². The summed E-state index contributed by atoms with van der Waals surface area (Å²) in [5, 5.41) is 2.59. The fourth-order valence-electron chi connectivity index (χ4n) is 2.67. The first kappa shape index (κ1) is 15.3. The van der Waals surface area contributed by atoms with Crippen LogP contribution < -0.4 is 11.1 Å². The summed E-state index contributed by atoms with van der Waals surface area (Å²) in [5.41, 5.74) is 8.23. The first-order chi connectivity index (χ1) is 10.1. The minimum absolute atomic E-state index is 0.0915. The zero-order valence-electron chi connectivity index (χ0n) is 12.3. The van der Waals surface area contributed by atoms with Crippen LogP contribution in [0.5, 0.6) is 0 Å². The van der Waals surface area contributed by atoms with Gasteiger partial charge in [0.1, 0.15) is 6.04 Å². The quantitative estimate of drug-likeness (QED) is 0.833. The molecular formula is C16H21N3O2. The van der Waals surface area contributed by atoms with Gasteiger partial charge in [-0.05, 0) is 29.8 Å². The molecule has 0 fully saturated rings. The lowest BCUT2D eigenvalue weighted by Gasteiger charge is -2.26. The summed E-state index contributed by atoms with van der Waals surface area (Å²) < 4.78 is 0. The molecule has 1 atom stereocenters. The monoisotopic (exact) mass is 287 g/mol. The van der Waals surface area contributed by atoms with Gasteiger partial charge in [-0.3, -0.25) is 9.59 Å². The van der Waals surface area contributed by atoms with E-state index >= 15 is 0 Å². The van der Waals surface area contributed by atoms with Gasteiger partial charge in [-0.15, -0.1) is 0 Å². The predicted octanol–water partition coefficient (Wildman–Crippen LogP) is 1.53. The first-order valence-corrected chi connectivity index (χ1v) is 7.16. The molecule has 2 amide bonds. The van der Waals surface area contributed by atoms with Crippen molar-refractivity contribution in [3.05, 3.63) is 47.7 Å². The van der Waals surface area contributed by atoms with Gasteiger partial charge < -0.3 is 16.0 Å². The molecule has 0 aliphatic carbocycles. The van der Waals surface area contributed by atoms with Gasteiger partial charge in [0.2, 0.25) is 5.91 Å². The summed E-state index contributed by atoms with van der Waals surface area (Å²) in [6.45, 7) is 6.39. The van der Waals surface area contributed by atoms with Crippen molar-refractivity contribution in [2.24, 2.45) is 5.73 Å². The first-order valence-electron chi connectivity index (χ1n) is 7.16. The molecule has 2 rings (SSSR count). The fourth-order valence-corrected chi connectivity index (χ4v) is 2.67. The zero-order valence-corrected chi connectivity index (χ0v) is 12.3. The Labute approximate surface area is 124 Å². The van der Waals surface area contributed by atoms with E-state index in [1.807, 2.05) is 19.1 Å². The number of rotatable bonds is 6. The van der Waals surface area contributed by atoms with E-state index in [1.54, 1.807) is 11.0 Å². The van der Waals surface area contributed by atoms with Crippen molar-refractivity contribution in [3.8, 4) is 0 Å². The second-order valence-corrected chi connectivity index (χ2v) is 5.15. The number of nitrogens with one attached hydrogen (secondary N) is 1. The van der Waals surface area contributed by atoms with Crippen LogP contribution in [0.4, 0.5) is 0 Å². The third-order valence-corrected chi connectivity index (χ3v) is 3.72. The van der Waals surface area contributed by atoms with Crippen LogP contribution in [0.1, 0.15) is 41.3 Å². The molecule has 1 heterocycles. The van der Waals surface area contributed by atoms with Crippen molar-refractivity contribution in [1.82, 2.24) is 10.2 Å². The second-order valence-electron chi connectivity index (χ2n) is 5.15. The van der Waals surface area contributed by atoms with E-state index in [2.05, 4.69) is 11.9 Å². The van der Waals surface area contributed by atoms with E-state index in [0.717, 1.165) is 17.5 Å². The second kappa shape index (κ2) is 6.54. The number of nitrogens with zero attached hydrogens (tertiary/aromatic N) is 1. The van der Waals surface area contributed by atoms with E-state index in [1.165, 1.54) is 6.20 Å². The third kappa shape index (κ3) is 2.97. The topological polar surface area (TPSA) is 75.4 Å². The van der Waals surface area contributed by atoms with Crippen LogP contribution >= 0.6 is 0 Å². The molecule has 0 bridgehead atoms. The van der Waals surface area contributed by atoms with Crippen LogP contribution in [0.15, 0.2) is 31.0 Å². The Kier molecular flexibility index (Phi) is 4.75. The molecular weight excluding hydrogens is 266 g/mol. The number of fused-ring (bicyclic) bond motifs is 1. The van der Waals surface area contributed by atoms with E-state index < -0.39 is 6.04 Å². The van der Waals surface area contributed by atoms with Crippen LogP contribution in [0.25, 0.3) is 0 Å². The largest absolute Gasteiger partial charge is 0.331 e. The van der Waals surface area contributed by atoms with E-state index in [-0.39, 0.29) is 11.8 Å². The van der Waals surface area contributed by atoms with Gasteiger partial charge >= 0.3 is 0 Å². The molecule has 0 spiro atoms. The van der Waals surface area contributed by atoms with Gasteiger partial charge in [0.15, 0.2) is 0 Å². The van der Waals surface area contributed by atoms with Crippen molar-refractivity contribution < 1.29 is 9.59 Å². The molecule has 0 aromatic heterocycles. The molecule has 1 aromatic carbocycles. The summed E-state index contributed by atoms with van der Waals surface area (Å²) in [7, 11) is 0. The molecule has 5 heteroatoms. The highest BCUT2D eigenvalue weighted by atomic mass is 16.2. The van der Waals surface area contributed by atoms with E-state index in [0.29, 0.717) is 25.1 Å². The Morgan fingerprint density at radius 1 is 1.57 bits per heavy atom. The van der Waals surface area contributed by atoms with Crippen LogP contribution in [-0.4, -0.2) is 22.8 Å². The van der Waals surface area contributed by atoms with Crippen LogP contribution in [-0.2, 0) is 17.9 Å². The molecule has 21 heavy (non-hydrogen) atoms. The smallest absolute Gasteiger partial charge is 0.255 e. The molecule has 5 nitrogen and oxygen atoms in total. The highest BCUT2D eigenvalue weighted by Gasteiger charge is 2.35. The normalized spacial score (nSPS) is 14.8. The minimum atomic E-state index is -0.464. The summed E-state index contributed by atoms with van der Waals surface area (Å²) in [6.07, 6.45) is 2.80. The van der Waals surface area contributed by atoms with Crippen LogP contribution in [0, 0.1) is 0 Å². The maximum Gasteiger partial charge on any atom is 0.255 e. The minimum Gasteiger partial charge on any atom is -0.331 e. The molecule has 1 unspecified atom stereocenters. The van der Waals surface area contributed by atoms with Crippen molar-refractivity contribution in [3.63, 3.8) is 0 Å². The molecule has 1 aliphatic heterocycles. The SMILES string of the molecule is C=CNC(=O)C(CCC)N1Cc2cc(CN)ccc2C1=O. The predicted molar refractivity (Wildman–Crippen MR) is 81.2 cm³/mol. The summed E-state index contributed by atoms with van der Waals surface area (Å²) in [4.78, 5) is 26.3. The van der Waals surface area contributed by atoms with Crippen molar-refractivity contribution in [2.45, 2.75) is 38.9 Å². The standard InChI is InChI=1S/C16H21N3O2/c1-3-5-14(15(20)18-4-2)19-10-12-8-11(9-17)6-7-13(12)16(19)21/h4,6-8,14H,2-3,5,9-10,17H2,1H3,(H,18,20). The molecule has 0 saturated carbocycles. The zero-order chi connectivity index (χ0) is 15.4. The Hall–Kier alpha value is -2.14. The van der Waals surface area contributed by atoms with Gasteiger partial charge in [-0.25, -0.2) is 0 Å². The number of carbonyl (C=O) groups is 2.